The van der Waals surface area contributed by atoms with Gasteiger partial charge in [-0.2, -0.15) is 0 Å². The number of nitrogens with zero attached hydrogens (tertiary/aromatic N) is 1. The molecule has 1 rings (SSSR count). The summed E-state index contributed by atoms with van der Waals surface area (Å²) in [7, 11) is 1.39. The third-order valence-electron chi connectivity index (χ3n) is 3.42. The fraction of sp³-hybridized carbons (Fsp3) is 0.733. The second kappa shape index (κ2) is 6.77. The maximum absolute atomic E-state index is 12.0. The van der Waals surface area contributed by atoms with Crippen molar-refractivity contribution in [2.24, 2.45) is 11.8 Å². The molecule has 5 nitrogen and oxygen atoms in total. The maximum atomic E-state index is 12.0. The van der Waals surface area contributed by atoms with Crippen LogP contribution < -0.4 is 0 Å². The van der Waals surface area contributed by atoms with E-state index < -0.39 is 5.60 Å². The third-order valence-corrected chi connectivity index (χ3v) is 3.42. The standard InChI is InChI=1S/C15H25NO4/c1-6-11-10-16(14(18)20-15(2,3)4)8-7-12(11)9-13(17)19-5/h6,11-12H,1,7-10H2,2-5H3/t11-,12-/m0/s1. The van der Waals surface area contributed by atoms with Gasteiger partial charge in [0, 0.05) is 19.5 Å². The Bertz CT molecular complexity index is 373. The number of methoxy groups -OCH3 is 1. The summed E-state index contributed by atoms with van der Waals surface area (Å²) in [5, 5.41) is 0. The van der Waals surface area contributed by atoms with Crippen LogP contribution in [0.1, 0.15) is 33.6 Å². The van der Waals surface area contributed by atoms with E-state index in [9.17, 15) is 9.59 Å². The first-order chi connectivity index (χ1) is 9.26. The summed E-state index contributed by atoms with van der Waals surface area (Å²) in [4.78, 5) is 25.1. The molecule has 2 atom stereocenters. The fourth-order valence-corrected chi connectivity index (χ4v) is 2.34. The van der Waals surface area contributed by atoms with Gasteiger partial charge >= 0.3 is 12.1 Å². The monoisotopic (exact) mass is 283 g/mol. The van der Waals surface area contributed by atoms with E-state index in [0.717, 1.165) is 6.42 Å². The Morgan fingerprint density at radius 3 is 2.55 bits per heavy atom. The first kappa shape index (κ1) is 16.5. The van der Waals surface area contributed by atoms with Gasteiger partial charge in [-0.3, -0.25) is 4.79 Å². The number of hydrogen-bond acceptors (Lipinski definition) is 4. The van der Waals surface area contributed by atoms with Crippen molar-refractivity contribution in [1.29, 1.82) is 0 Å². The average Bonchev–Trinajstić information content (AvgIpc) is 2.36. The van der Waals surface area contributed by atoms with E-state index >= 15 is 0 Å². The zero-order chi connectivity index (χ0) is 15.3. The summed E-state index contributed by atoms with van der Waals surface area (Å²) in [6, 6.07) is 0. The molecular weight excluding hydrogens is 258 g/mol. The van der Waals surface area contributed by atoms with Crippen LogP contribution in [0.15, 0.2) is 12.7 Å². The van der Waals surface area contributed by atoms with Gasteiger partial charge in [0.05, 0.1) is 7.11 Å². The highest BCUT2D eigenvalue weighted by Gasteiger charge is 2.33. The number of likely N-dealkylation sites (tertiary alicyclic amines) is 1. The second-order valence-corrected chi connectivity index (χ2v) is 6.15. The number of hydrogen-bond donors (Lipinski definition) is 0. The van der Waals surface area contributed by atoms with E-state index in [2.05, 4.69) is 6.58 Å². The van der Waals surface area contributed by atoms with Gasteiger partial charge in [-0.05, 0) is 39.0 Å². The lowest BCUT2D eigenvalue weighted by Crippen LogP contribution is -2.45. The molecule has 1 aliphatic heterocycles. The highest BCUT2D eigenvalue weighted by Crippen LogP contribution is 2.28. The molecule has 0 aromatic heterocycles. The third kappa shape index (κ3) is 4.87. The summed E-state index contributed by atoms with van der Waals surface area (Å²) < 4.78 is 10.1. The van der Waals surface area contributed by atoms with Gasteiger partial charge in [0.2, 0.25) is 0 Å². The predicted molar refractivity (Wildman–Crippen MR) is 76.2 cm³/mol. The normalized spacial score (nSPS) is 23.1. The largest absolute Gasteiger partial charge is 0.469 e. The van der Waals surface area contributed by atoms with E-state index in [1.54, 1.807) is 4.90 Å². The van der Waals surface area contributed by atoms with Gasteiger partial charge in [-0.1, -0.05) is 6.08 Å². The molecule has 0 bridgehead atoms. The molecule has 1 heterocycles. The van der Waals surface area contributed by atoms with Gasteiger partial charge < -0.3 is 14.4 Å². The number of carbonyl (C=O) groups excluding carboxylic acids is 2. The van der Waals surface area contributed by atoms with E-state index in [4.69, 9.17) is 9.47 Å². The van der Waals surface area contributed by atoms with Crippen LogP contribution in [0.25, 0.3) is 0 Å². The van der Waals surface area contributed by atoms with E-state index in [1.165, 1.54) is 7.11 Å². The zero-order valence-corrected chi connectivity index (χ0v) is 12.8. The molecule has 0 spiro atoms. The van der Waals surface area contributed by atoms with Crippen molar-refractivity contribution >= 4 is 12.1 Å². The quantitative estimate of drug-likeness (QED) is 0.590. The molecule has 1 fully saturated rings. The molecule has 0 aromatic carbocycles. The molecule has 0 radical (unpaired) electrons. The SMILES string of the molecule is C=C[C@H]1CN(C(=O)OC(C)(C)C)CC[C@H]1CC(=O)OC. The minimum absolute atomic E-state index is 0.0929. The topological polar surface area (TPSA) is 55.8 Å². The minimum Gasteiger partial charge on any atom is -0.469 e. The van der Waals surface area contributed by atoms with Crippen molar-refractivity contribution in [3.63, 3.8) is 0 Å². The van der Waals surface area contributed by atoms with Gasteiger partial charge in [-0.25, -0.2) is 4.79 Å². The molecule has 114 valence electrons. The zero-order valence-electron chi connectivity index (χ0n) is 12.8. The van der Waals surface area contributed by atoms with E-state index in [-0.39, 0.29) is 23.9 Å². The molecule has 5 heteroatoms. The number of piperidine rings is 1. The number of carbonyl (C=O) groups is 2. The Kier molecular flexibility index (Phi) is 5.60. The summed E-state index contributed by atoms with van der Waals surface area (Å²) >= 11 is 0. The summed E-state index contributed by atoms with van der Waals surface area (Å²) in [6.45, 7) is 10.5. The molecular formula is C15H25NO4. The summed E-state index contributed by atoms with van der Waals surface area (Å²) in [6.07, 6.45) is 2.63. The van der Waals surface area contributed by atoms with Crippen LogP contribution in [0, 0.1) is 11.8 Å². The highest BCUT2D eigenvalue weighted by atomic mass is 16.6. The van der Waals surface area contributed by atoms with Gasteiger partial charge in [-0.15, -0.1) is 6.58 Å². The average molecular weight is 283 g/mol. The van der Waals surface area contributed by atoms with Crippen LogP contribution in [0.5, 0.6) is 0 Å². The smallest absolute Gasteiger partial charge is 0.410 e. The second-order valence-electron chi connectivity index (χ2n) is 6.15. The van der Waals surface area contributed by atoms with E-state index in [1.807, 2.05) is 26.8 Å². The van der Waals surface area contributed by atoms with Crippen molar-refractivity contribution in [3.05, 3.63) is 12.7 Å². The van der Waals surface area contributed by atoms with Crippen LogP contribution in [-0.2, 0) is 14.3 Å². The molecule has 20 heavy (non-hydrogen) atoms. The van der Waals surface area contributed by atoms with Crippen molar-refractivity contribution in [2.45, 2.75) is 39.2 Å². The van der Waals surface area contributed by atoms with Gasteiger partial charge in [0.25, 0.3) is 0 Å². The number of ether oxygens (including phenoxy) is 2. The molecule has 0 aromatic rings. The summed E-state index contributed by atoms with van der Waals surface area (Å²) in [5.41, 5.74) is -0.496. The molecule has 1 saturated heterocycles. The Hall–Kier alpha value is -1.52. The lowest BCUT2D eigenvalue weighted by atomic mass is 9.83. The predicted octanol–water partition coefficient (Wildman–Crippen LogP) is 2.61. The van der Waals surface area contributed by atoms with Crippen molar-refractivity contribution in [2.75, 3.05) is 20.2 Å². The number of amides is 1. The first-order valence-electron chi connectivity index (χ1n) is 6.94. The van der Waals surface area contributed by atoms with Crippen LogP contribution in [0.2, 0.25) is 0 Å². The van der Waals surface area contributed by atoms with Crippen LogP contribution in [-0.4, -0.2) is 42.8 Å². The lowest BCUT2D eigenvalue weighted by Gasteiger charge is -2.37. The molecule has 0 N–H and O–H groups in total. The number of esters is 1. The van der Waals surface area contributed by atoms with E-state index in [0.29, 0.717) is 19.5 Å². The lowest BCUT2D eigenvalue weighted by molar-refractivity contribution is -0.142. The van der Waals surface area contributed by atoms with Crippen LogP contribution in [0.3, 0.4) is 0 Å². The van der Waals surface area contributed by atoms with Crippen LogP contribution >= 0.6 is 0 Å². The van der Waals surface area contributed by atoms with Crippen molar-refractivity contribution in [3.8, 4) is 0 Å². The molecule has 0 unspecified atom stereocenters. The molecule has 1 aliphatic rings. The minimum atomic E-state index is -0.496. The summed E-state index contributed by atoms with van der Waals surface area (Å²) in [5.74, 6) is 0.0570. The maximum Gasteiger partial charge on any atom is 0.410 e. The number of rotatable bonds is 3. The first-order valence-corrected chi connectivity index (χ1v) is 6.94. The van der Waals surface area contributed by atoms with Crippen LogP contribution in [0.4, 0.5) is 4.79 Å². The molecule has 1 amide bonds. The molecule has 0 saturated carbocycles. The molecule has 0 aliphatic carbocycles. The Balaban J connectivity index is 2.60. The van der Waals surface area contributed by atoms with Crippen molar-refractivity contribution in [1.82, 2.24) is 4.90 Å². The Morgan fingerprint density at radius 2 is 2.05 bits per heavy atom. The Morgan fingerprint density at radius 1 is 1.40 bits per heavy atom. The van der Waals surface area contributed by atoms with Gasteiger partial charge in [0.1, 0.15) is 5.60 Å². The highest BCUT2D eigenvalue weighted by molar-refractivity contribution is 5.70. The fourth-order valence-electron chi connectivity index (χ4n) is 2.34. The Labute approximate surface area is 120 Å². The van der Waals surface area contributed by atoms with Gasteiger partial charge in [0.15, 0.2) is 0 Å². The van der Waals surface area contributed by atoms with Crippen molar-refractivity contribution < 1.29 is 19.1 Å².